The van der Waals surface area contributed by atoms with Crippen molar-refractivity contribution >= 4 is 15.7 Å². The molecule has 4 N–H and O–H groups in total. The first-order chi connectivity index (χ1) is 9.86. The Hall–Kier alpha value is -1.11. The van der Waals surface area contributed by atoms with Gasteiger partial charge in [0.1, 0.15) is 0 Å². The Morgan fingerprint density at radius 3 is 2.52 bits per heavy atom. The maximum Gasteiger partial charge on any atom is 0.216 e. The van der Waals surface area contributed by atoms with Gasteiger partial charge in [0.05, 0.1) is 17.9 Å². The lowest BCUT2D eigenvalue weighted by Crippen LogP contribution is -2.53. The molecule has 1 fully saturated rings. The first-order valence-corrected chi connectivity index (χ1v) is 8.97. The molecule has 1 saturated carbocycles. The number of sulfonamides is 1. The van der Waals surface area contributed by atoms with E-state index in [4.69, 9.17) is 5.73 Å². The Morgan fingerprint density at radius 1 is 1.33 bits per heavy atom. The molecule has 118 valence electrons. The average Bonchev–Trinajstić information content (AvgIpc) is 2.44. The Bertz CT molecular complexity index is 578. The van der Waals surface area contributed by atoms with E-state index in [0.29, 0.717) is 30.0 Å². The van der Waals surface area contributed by atoms with Gasteiger partial charge in [-0.3, -0.25) is 0 Å². The molecular weight excluding hydrogens is 288 g/mol. The van der Waals surface area contributed by atoms with Crippen molar-refractivity contribution in [1.29, 1.82) is 0 Å². The minimum Gasteiger partial charge on any atom is -0.398 e. The summed E-state index contributed by atoms with van der Waals surface area (Å²) in [5.41, 5.74) is 6.15. The third kappa shape index (κ3) is 4.18. The molecule has 1 aliphatic carbocycles. The van der Waals surface area contributed by atoms with Gasteiger partial charge in [0, 0.05) is 5.69 Å². The minimum atomic E-state index is -3.53. The average molecular weight is 312 g/mol. The first kappa shape index (κ1) is 16.3. The number of nitrogens with one attached hydrogen (secondary N) is 1. The number of hydrogen-bond acceptors (Lipinski definition) is 4. The number of anilines is 1. The van der Waals surface area contributed by atoms with Crippen LogP contribution in [0, 0.1) is 5.92 Å². The van der Waals surface area contributed by atoms with E-state index in [1.54, 1.807) is 24.3 Å². The van der Waals surface area contributed by atoms with Crippen LogP contribution in [0.2, 0.25) is 0 Å². The summed E-state index contributed by atoms with van der Waals surface area (Å²) < 4.78 is 27.5. The summed E-state index contributed by atoms with van der Waals surface area (Å²) in [5, 5.41) is 9.66. The summed E-state index contributed by atoms with van der Waals surface area (Å²) in [6.07, 6.45) is 3.20. The van der Waals surface area contributed by atoms with Crippen LogP contribution in [0.3, 0.4) is 0 Å². The topological polar surface area (TPSA) is 92.4 Å². The zero-order valence-corrected chi connectivity index (χ0v) is 13.2. The highest BCUT2D eigenvalue weighted by Crippen LogP contribution is 2.32. The second-order valence-corrected chi connectivity index (χ2v) is 7.90. The van der Waals surface area contributed by atoms with Gasteiger partial charge in [-0.05, 0) is 43.2 Å². The smallest absolute Gasteiger partial charge is 0.216 e. The molecule has 0 saturated heterocycles. The van der Waals surface area contributed by atoms with Crippen molar-refractivity contribution in [3.63, 3.8) is 0 Å². The maximum absolute atomic E-state index is 12.4. The normalized spacial score (nSPS) is 26.7. The van der Waals surface area contributed by atoms with E-state index in [9.17, 15) is 13.5 Å². The lowest BCUT2D eigenvalue weighted by molar-refractivity contribution is 0.125. The van der Waals surface area contributed by atoms with Crippen LogP contribution in [0.4, 0.5) is 5.69 Å². The van der Waals surface area contributed by atoms with E-state index in [2.05, 4.69) is 11.6 Å². The molecule has 21 heavy (non-hydrogen) atoms. The zero-order valence-electron chi connectivity index (χ0n) is 12.4. The van der Waals surface area contributed by atoms with Gasteiger partial charge in [0.15, 0.2) is 0 Å². The summed E-state index contributed by atoms with van der Waals surface area (Å²) in [6.45, 7) is 1.99. The van der Waals surface area contributed by atoms with E-state index in [1.807, 2.05) is 0 Å². The van der Waals surface area contributed by atoms with Crippen LogP contribution in [0.5, 0.6) is 0 Å². The molecule has 0 atom stereocenters. The van der Waals surface area contributed by atoms with Crippen LogP contribution in [0.25, 0.3) is 0 Å². The van der Waals surface area contributed by atoms with E-state index < -0.39 is 15.6 Å². The highest BCUT2D eigenvalue weighted by Gasteiger charge is 2.37. The van der Waals surface area contributed by atoms with Gasteiger partial charge >= 0.3 is 0 Å². The number of benzene rings is 1. The Morgan fingerprint density at radius 2 is 1.95 bits per heavy atom. The second kappa shape index (κ2) is 6.34. The SMILES string of the molecule is CC1CCC(CO)(NS(=O)(=O)Cc2ccccc2N)CC1. The lowest BCUT2D eigenvalue weighted by Gasteiger charge is -2.38. The number of nitrogens with two attached hydrogens (primary N) is 1. The molecule has 0 aromatic heterocycles. The van der Waals surface area contributed by atoms with Crippen LogP contribution in [-0.2, 0) is 15.8 Å². The van der Waals surface area contributed by atoms with Crippen LogP contribution in [-0.4, -0.2) is 25.7 Å². The highest BCUT2D eigenvalue weighted by atomic mass is 32.2. The maximum atomic E-state index is 12.4. The molecule has 1 aromatic carbocycles. The molecule has 0 bridgehead atoms. The third-order valence-electron chi connectivity index (χ3n) is 4.31. The molecule has 1 aromatic rings. The molecule has 6 heteroatoms. The van der Waals surface area contributed by atoms with Gasteiger partial charge in [-0.1, -0.05) is 25.1 Å². The number of para-hydroxylation sites is 1. The van der Waals surface area contributed by atoms with Crippen LogP contribution >= 0.6 is 0 Å². The monoisotopic (exact) mass is 312 g/mol. The molecule has 2 rings (SSSR count). The van der Waals surface area contributed by atoms with E-state index >= 15 is 0 Å². The predicted molar refractivity (Wildman–Crippen MR) is 84.1 cm³/mol. The highest BCUT2D eigenvalue weighted by molar-refractivity contribution is 7.88. The molecule has 0 spiro atoms. The number of aliphatic hydroxyl groups excluding tert-OH is 1. The fraction of sp³-hybridized carbons (Fsp3) is 0.600. The number of nitrogen functional groups attached to an aromatic ring is 1. The third-order valence-corrected chi connectivity index (χ3v) is 5.74. The minimum absolute atomic E-state index is 0.156. The summed E-state index contributed by atoms with van der Waals surface area (Å²) in [4.78, 5) is 0. The number of hydrogen-bond donors (Lipinski definition) is 3. The van der Waals surface area contributed by atoms with Crippen molar-refractivity contribution in [1.82, 2.24) is 4.72 Å². The summed E-state index contributed by atoms with van der Waals surface area (Å²) >= 11 is 0. The van der Waals surface area contributed by atoms with Gasteiger partial charge in [0.2, 0.25) is 10.0 Å². The molecule has 5 nitrogen and oxygen atoms in total. The molecule has 0 aliphatic heterocycles. The largest absolute Gasteiger partial charge is 0.398 e. The molecule has 0 amide bonds. The van der Waals surface area contributed by atoms with Crippen LogP contribution < -0.4 is 10.5 Å². The van der Waals surface area contributed by atoms with E-state index in [0.717, 1.165) is 12.8 Å². The van der Waals surface area contributed by atoms with Crippen molar-refractivity contribution in [3.05, 3.63) is 29.8 Å². The first-order valence-electron chi connectivity index (χ1n) is 7.32. The summed E-state index contributed by atoms with van der Waals surface area (Å²) in [6, 6.07) is 6.94. The van der Waals surface area contributed by atoms with Crippen molar-refractivity contribution in [2.24, 2.45) is 5.92 Å². The van der Waals surface area contributed by atoms with Crippen molar-refractivity contribution < 1.29 is 13.5 Å². The fourth-order valence-corrected chi connectivity index (χ4v) is 4.52. The molecule has 0 heterocycles. The van der Waals surface area contributed by atoms with Crippen LogP contribution in [0.1, 0.15) is 38.2 Å². The molecule has 0 unspecified atom stereocenters. The van der Waals surface area contributed by atoms with Crippen molar-refractivity contribution in [2.75, 3.05) is 12.3 Å². The predicted octanol–water partition coefficient (Wildman–Crippen LogP) is 1.63. The van der Waals surface area contributed by atoms with Gasteiger partial charge in [-0.15, -0.1) is 0 Å². The number of rotatable bonds is 5. The van der Waals surface area contributed by atoms with Crippen molar-refractivity contribution in [3.8, 4) is 0 Å². The molecule has 1 aliphatic rings. The second-order valence-electron chi connectivity index (χ2n) is 6.18. The Kier molecular flexibility index (Phi) is 4.91. The van der Waals surface area contributed by atoms with Crippen molar-refractivity contribution in [2.45, 2.75) is 43.9 Å². The van der Waals surface area contributed by atoms with E-state index in [1.165, 1.54) is 0 Å². The molecular formula is C15H24N2O3S. The zero-order chi connectivity index (χ0) is 15.5. The lowest BCUT2D eigenvalue weighted by atomic mass is 9.78. The van der Waals surface area contributed by atoms with Crippen LogP contribution in [0.15, 0.2) is 24.3 Å². The molecule has 0 radical (unpaired) electrons. The standard InChI is InChI=1S/C15H24N2O3S/c1-12-6-8-15(11-18,9-7-12)17-21(19,20)10-13-4-2-3-5-14(13)16/h2-5,12,17-18H,6-11,16H2,1H3. The van der Waals surface area contributed by atoms with Gasteiger partial charge in [0.25, 0.3) is 0 Å². The number of aliphatic hydroxyl groups is 1. The van der Waals surface area contributed by atoms with Gasteiger partial charge in [-0.25, -0.2) is 13.1 Å². The van der Waals surface area contributed by atoms with Gasteiger partial charge in [-0.2, -0.15) is 0 Å². The summed E-state index contributed by atoms with van der Waals surface area (Å²) in [5.74, 6) is 0.427. The quantitative estimate of drug-likeness (QED) is 0.721. The Labute approximate surface area is 126 Å². The fourth-order valence-electron chi connectivity index (χ4n) is 2.84. The van der Waals surface area contributed by atoms with Gasteiger partial charge < -0.3 is 10.8 Å². The Balaban J connectivity index is 2.11. The summed E-state index contributed by atoms with van der Waals surface area (Å²) in [7, 11) is -3.53. The van der Waals surface area contributed by atoms with E-state index in [-0.39, 0.29) is 12.4 Å².